The van der Waals surface area contributed by atoms with E-state index in [0.29, 0.717) is 13.1 Å². The van der Waals surface area contributed by atoms with Gasteiger partial charge in [0.25, 0.3) is 5.69 Å². The van der Waals surface area contributed by atoms with Crippen molar-refractivity contribution in [3.8, 4) is 0 Å². The van der Waals surface area contributed by atoms with Crippen LogP contribution in [0.1, 0.15) is 27.2 Å². The van der Waals surface area contributed by atoms with Crippen LogP contribution in [0.2, 0.25) is 0 Å². The highest BCUT2D eigenvalue weighted by molar-refractivity contribution is 7.99. The number of benzene rings is 1. The number of rotatable bonds is 10. The third-order valence-corrected chi connectivity index (χ3v) is 5.23. The summed E-state index contributed by atoms with van der Waals surface area (Å²) in [6.07, 6.45) is 0.122. The third kappa shape index (κ3) is 6.68. The summed E-state index contributed by atoms with van der Waals surface area (Å²) in [5.74, 6) is 0.711. The Hall–Kier alpha value is -2.33. The van der Waals surface area contributed by atoms with Crippen molar-refractivity contribution in [2.75, 3.05) is 43.9 Å². The largest absolute Gasteiger partial charge is 0.452 e. The van der Waals surface area contributed by atoms with Crippen LogP contribution >= 0.6 is 11.8 Å². The van der Waals surface area contributed by atoms with Crippen LogP contribution < -0.4 is 10.6 Å². The van der Waals surface area contributed by atoms with Gasteiger partial charge in [-0.3, -0.25) is 15.1 Å². The van der Waals surface area contributed by atoms with Crippen molar-refractivity contribution in [2.45, 2.75) is 32.1 Å². The van der Waals surface area contributed by atoms with E-state index in [1.807, 2.05) is 20.8 Å². The van der Waals surface area contributed by atoms with Crippen LogP contribution in [0.25, 0.3) is 0 Å². The molecule has 0 saturated heterocycles. The average Bonchev–Trinajstić information content (AvgIpc) is 2.69. The molecule has 1 amide bonds. The molecule has 9 nitrogen and oxygen atoms in total. The smallest absolute Gasteiger partial charge is 0.421 e. The molecule has 1 aromatic rings. The van der Waals surface area contributed by atoms with E-state index in [-0.39, 0.29) is 17.3 Å². The first kappa shape index (κ1) is 23.7. The van der Waals surface area contributed by atoms with Gasteiger partial charge in [0.1, 0.15) is 5.69 Å². The van der Waals surface area contributed by atoms with E-state index in [2.05, 4.69) is 9.89 Å². The van der Waals surface area contributed by atoms with E-state index >= 15 is 0 Å². The lowest BCUT2D eigenvalue weighted by molar-refractivity contribution is -0.384. The van der Waals surface area contributed by atoms with Crippen LogP contribution in [0.5, 0.6) is 0 Å². The van der Waals surface area contributed by atoms with Gasteiger partial charge in [-0.15, -0.1) is 11.8 Å². The van der Waals surface area contributed by atoms with Gasteiger partial charge in [-0.05, 0) is 37.4 Å². The van der Waals surface area contributed by atoms with Crippen molar-refractivity contribution in [3.05, 3.63) is 28.3 Å². The fourth-order valence-corrected chi connectivity index (χ4v) is 3.27. The first-order chi connectivity index (χ1) is 13.4. The number of anilines is 1. The molecule has 0 heterocycles. The molecule has 0 aromatic heterocycles. The predicted molar refractivity (Wildman–Crippen MR) is 113 cm³/mol. The van der Waals surface area contributed by atoms with Crippen molar-refractivity contribution in [1.82, 2.24) is 4.90 Å². The Morgan fingerprint density at radius 1 is 1.32 bits per heavy atom. The number of nitro benzene ring substituents is 1. The molecule has 1 aromatic carbocycles. The highest BCUT2D eigenvalue weighted by atomic mass is 32.2. The molecule has 0 spiro atoms. The molecule has 0 bridgehead atoms. The summed E-state index contributed by atoms with van der Waals surface area (Å²) >= 11 is 1.54. The van der Waals surface area contributed by atoms with Gasteiger partial charge in [0.15, 0.2) is 0 Å². The van der Waals surface area contributed by atoms with Crippen molar-refractivity contribution in [3.63, 3.8) is 0 Å². The fraction of sp³-hybridized carbons (Fsp3) is 0.556. The average molecular weight is 412 g/mol. The lowest BCUT2D eigenvalue weighted by Crippen LogP contribution is -2.43. The van der Waals surface area contributed by atoms with Crippen molar-refractivity contribution < 1.29 is 14.5 Å². The summed E-state index contributed by atoms with van der Waals surface area (Å²) in [6.45, 7) is 8.89. The van der Waals surface area contributed by atoms with Gasteiger partial charge in [0, 0.05) is 17.5 Å². The Balaban J connectivity index is 3.27. The zero-order chi connectivity index (χ0) is 21.1. The Labute approximate surface area is 170 Å². The summed E-state index contributed by atoms with van der Waals surface area (Å²) < 4.78 is 4.80. The highest BCUT2D eigenvalue weighted by Gasteiger charge is 2.28. The summed E-state index contributed by atoms with van der Waals surface area (Å²) in [6, 6.07) is 4.60. The maximum Gasteiger partial charge on any atom is 0.421 e. The predicted octanol–water partition coefficient (Wildman–Crippen LogP) is 3.33. The number of nitrogens with zero attached hydrogens (tertiary/aromatic N) is 4. The molecule has 28 heavy (non-hydrogen) atoms. The van der Waals surface area contributed by atoms with Crippen LogP contribution in [-0.2, 0) is 4.74 Å². The van der Waals surface area contributed by atoms with Crippen LogP contribution in [0.4, 0.5) is 16.2 Å². The number of nitrogens with two attached hydrogens (primary N) is 1. The second-order valence-corrected chi connectivity index (χ2v) is 7.00. The highest BCUT2D eigenvalue weighted by Crippen LogP contribution is 2.33. The van der Waals surface area contributed by atoms with E-state index in [4.69, 9.17) is 10.5 Å². The maximum absolute atomic E-state index is 12.4. The molecule has 0 radical (unpaired) electrons. The number of guanidine groups is 1. The van der Waals surface area contributed by atoms with Gasteiger partial charge in [-0.2, -0.15) is 0 Å². The van der Waals surface area contributed by atoms with Crippen LogP contribution in [-0.4, -0.2) is 60.9 Å². The summed E-state index contributed by atoms with van der Waals surface area (Å²) in [7, 11) is 1.19. The normalized spacial score (nSPS) is 11.5. The van der Waals surface area contributed by atoms with Gasteiger partial charge in [0.2, 0.25) is 5.96 Å². The molecule has 10 heteroatoms. The Morgan fingerprint density at radius 2 is 2.00 bits per heavy atom. The zero-order valence-electron chi connectivity index (χ0n) is 16.9. The fourth-order valence-electron chi connectivity index (χ4n) is 2.47. The number of carbonyl (C=O) groups is 1. The molecule has 1 rings (SSSR count). The van der Waals surface area contributed by atoms with E-state index in [1.54, 1.807) is 23.9 Å². The Morgan fingerprint density at radius 3 is 2.54 bits per heavy atom. The van der Waals surface area contributed by atoms with Gasteiger partial charge in [-0.25, -0.2) is 9.69 Å². The molecule has 0 aliphatic carbocycles. The Kier molecular flexibility index (Phi) is 10.3. The van der Waals surface area contributed by atoms with E-state index in [0.717, 1.165) is 35.1 Å². The molecule has 0 unspecified atom stereocenters. The van der Waals surface area contributed by atoms with Crippen LogP contribution in [0.15, 0.2) is 28.1 Å². The maximum atomic E-state index is 12.4. The number of aliphatic imine (C=N–C) groups is 1. The minimum absolute atomic E-state index is 0.0436. The van der Waals surface area contributed by atoms with E-state index in [1.165, 1.54) is 13.2 Å². The second-order valence-electron chi connectivity index (χ2n) is 5.83. The molecule has 0 aliphatic rings. The van der Waals surface area contributed by atoms with Crippen LogP contribution in [0.3, 0.4) is 0 Å². The number of methoxy groups -OCH3 is 1. The van der Waals surface area contributed by atoms with Gasteiger partial charge >= 0.3 is 6.09 Å². The molecule has 0 atom stereocenters. The molecular weight excluding hydrogens is 382 g/mol. The third-order valence-electron chi connectivity index (χ3n) is 4.03. The van der Waals surface area contributed by atoms with Crippen molar-refractivity contribution >= 4 is 35.2 Å². The second kappa shape index (κ2) is 12.2. The number of likely N-dealkylation sites (N-methyl/N-ethyl adjacent to an activating group) is 1. The lowest BCUT2D eigenvalue weighted by Gasteiger charge is -2.21. The number of nitro groups is 1. The first-order valence-electron chi connectivity index (χ1n) is 9.21. The molecular formula is C18H29N5O4S. The van der Waals surface area contributed by atoms with Crippen molar-refractivity contribution in [2.24, 2.45) is 10.7 Å². The van der Waals surface area contributed by atoms with Gasteiger partial charge < -0.3 is 15.4 Å². The van der Waals surface area contributed by atoms with Gasteiger partial charge in [-0.1, -0.05) is 20.8 Å². The molecule has 2 N–H and O–H groups in total. The van der Waals surface area contributed by atoms with Crippen molar-refractivity contribution in [1.29, 1.82) is 0 Å². The summed E-state index contributed by atoms with van der Waals surface area (Å²) in [4.78, 5) is 31.5. The topological polar surface area (TPSA) is 114 Å². The minimum Gasteiger partial charge on any atom is -0.452 e. The standard InChI is InChI=1S/C18H29N5O4S/c1-5-12-28-14-8-9-15(23(25)26)16(13-14)22(18(24)27-4)17(19)20-10-11-21(6-2)7-3/h8-9,13H,5-7,10-12H2,1-4H3,(H2,19,20). The van der Waals surface area contributed by atoms with E-state index < -0.39 is 11.0 Å². The minimum atomic E-state index is -0.829. The van der Waals surface area contributed by atoms with Gasteiger partial charge in [0.05, 0.1) is 18.6 Å². The number of ether oxygens (including phenoxy) is 1. The number of hydrogen-bond donors (Lipinski definition) is 1. The molecule has 0 aliphatic heterocycles. The number of amides is 1. The molecule has 0 fully saturated rings. The van der Waals surface area contributed by atoms with E-state index in [9.17, 15) is 14.9 Å². The molecule has 0 saturated carbocycles. The number of carbonyl (C=O) groups excluding carboxylic acids is 1. The first-order valence-corrected chi connectivity index (χ1v) is 10.2. The Bertz CT molecular complexity index is 695. The SMILES string of the molecule is CCCSc1ccc([N+](=O)[O-])c(N(C(=O)OC)C(N)=NCCN(CC)CC)c1. The lowest BCUT2D eigenvalue weighted by atomic mass is 10.2. The van der Waals surface area contributed by atoms with Crippen LogP contribution in [0, 0.1) is 10.1 Å². The quantitative estimate of drug-likeness (QED) is 0.206. The number of hydrogen-bond acceptors (Lipinski definition) is 7. The zero-order valence-corrected chi connectivity index (χ0v) is 17.7. The monoisotopic (exact) mass is 411 g/mol. The summed E-state index contributed by atoms with van der Waals surface area (Å²) in [5.41, 5.74) is 5.84. The molecule has 156 valence electrons. The number of thioether (sulfide) groups is 1. The summed E-state index contributed by atoms with van der Waals surface area (Å²) in [5, 5.41) is 11.5.